The van der Waals surface area contributed by atoms with E-state index in [1.54, 1.807) is 18.2 Å². The fourth-order valence-electron chi connectivity index (χ4n) is 3.83. The van der Waals surface area contributed by atoms with Crippen molar-refractivity contribution in [1.29, 1.82) is 0 Å². The van der Waals surface area contributed by atoms with E-state index < -0.39 is 5.82 Å². The second-order valence-electron chi connectivity index (χ2n) is 7.55. The Kier molecular flexibility index (Phi) is 6.20. The summed E-state index contributed by atoms with van der Waals surface area (Å²) in [4.78, 5) is 14.9. The Hall–Kier alpha value is -2.71. The van der Waals surface area contributed by atoms with Crippen LogP contribution in [0, 0.1) is 11.6 Å². The van der Waals surface area contributed by atoms with Gasteiger partial charge in [-0.2, -0.15) is 0 Å². The average Bonchev–Trinajstić information content (AvgIpc) is 3.29. The molecule has 0 unspecified atom stereocenters. The van der Waals surface area contributed by atoms with E-state index in [1.807, 2.05) is 35.0 Å². The highest BCUT2D eigenvalue weighted by molar-refractivity contribution is 8.27. The normalized spacial score (nSPS) is 15.2. The predicted molar refractivity (Wildman–Crippen MR) is 140 cm³/mol. The summed E-state index contributed by atoms with van der Waals surface area (Å²) in [7, 11) is 0. The molecule has 0 radical (unpaired) electrons. The first-order chi connectivity index (χ1) is 16.3. The molecule has 4 aromatic rings. The largest absolute Gasteiger partial charge is 0.342 e. The first-order valence-electron chi connectivity index (χ1n) is 10.1. The summed E-state index contributed by atoms with van der Waals surface area (Å²) in [5.74, 6) is -1.29. The Labute approximate surface area is 213 Å². The predicted octanol–water partition coefficient (Wildman–Crippen LogP) is 7.68. The number of halogens is 4. The van der Waals surface area contributed by atoms with Crippen LogP contribution in [0.1, 0.15) is 11.1 Å². The summed E-state index contributed by atoms with van der Waals surface area (Å²) >= 11 is 18.7. The van der Waals surface area contributed by atoms with Gasteiger partial charge in [-0.05, 0) is 42.5 Å². The lowest BCUT2D eigenvalue weighted by atomic mass is 10.1. The summed E-state index contributed by atoms with van der Waals surface area (Å²) in [6, 6.07) is 16.3. The molecule has 9 heteroatoms. The molecule has 1 aliphatic heterocycles. The van der Waals surface area contributed by atoms with Crippen molar-refractivity contribution in [3.8, 4) is 0 Å². The monoisotopic (exact) mass is 530 g/mol. The Bertz CT molecular complexity index is 1500. The van der Waals surface area contributed by atoms with Crippen LogP contribution in [0.2, 0.25) is 10.0 Å². The third-order valence-corrected chi connectivity index (χ3v) is 7.40. The summed E-state index contributed by atoms with van der Waals surface area (Å²) in [6.45, 7) is 0.231. The van der Waals surface area contributed by atoms with Gasteiger partial charge in [0.15, 0.2) is 4.32 Å². The van der Waals surface area contributed by atoms with Gasteiger partial charge in [-0.15, -0.1) is 0 Å². The minimum Gasteiger partial charge on any atom is -0.342 e. The van der Waals surface area contributed by atoms with E-state index in [4.69, 9.17) is 35.4 Å². The molecule has 34 heavy (non-hydrogen) atoms. The quantitative estimate of drug-likeness (QED) is 0.200. The zero-order valence-corrected chi connectivity index (χ0v) is 20.4. The molecule has 0 aliphatic carbocycles. The van der Waals surface area contributed by atoms with Gasteiger partial charge in [0.25, 0.3) is 5.91 Å². The van der Waals surface area contributed by atoms with Crippen LogP contribution in [0.5, 0.6) is 0 Å². The molecule has 1 aliphatic rings. The number of aromatic nitrogens is 1. The number of nitrogens with zero attached hydrogens (tertiary/aromatic N) is 2. The molecule has 170 valence electrons. The highest BCUT2D eigenvalue weighted by Crippen LogP contribution is 2.38. The molecular formula is C25H14Cl2F2N2OS2. The van der Waals surface area contributed by atoms with Crippen LogP contribution in [0.4, 0.5) is 14.5 Å². The first kappa shape index (κ1) is 23.1. The molecule has 1 aromatic heterocycles. The molecule has 0 bridgehead atoms. The molecule has 3 nitrogen and oxygen atoms in total. The van der Waals surface area contributed by atoms with Crippen molar-refractivity contribution in [2.75, 3.05) is 4.90 Å². The van der Waals surface area contributed by atoms with Crippen molar-refractivity contribution in [3.63, 3.8) is 0 Å². The second-order valence-corrected chi connectivity index (χ2v) is 10.0. The number of hydrogen-bond acceptors (Lipinski definition) is 3. The minimum absolute atomic E-state index is 0.0922. The van der Waals surface area contributed by atoms with Crippen molar-refractivity contribution < 1.29 is 13.6 Å². The molecule has 5 rings (SSSR count). The third kappa shape index (κ3) is 4.14. The van der Waals surface area contributed by atoms with Crippen LogP contribution in [0.15, 0.2) is 71.8 Å². The summed E-state index contributed by atoms with van der Waals surface area (Å²) < 4.78 is 30.2. The van der Waals surface area contributed by atoms with Crippen LogP contribution in [0.25, 0.3) is 17.0 Å². The van der Waals surface area contributed by atoms with Gasteiger partial charge in [0.1, 0.15) is 11.6 Å². The van der Waals surface area contributed by atoms with Gasteiger partial charge in [0.05, 0.1) is 22.2 Å². The summed E-state index contributed by atoms with van der Waals surface area (Å²) in [6.07, 6.45) is 3.61. The maximum Gasteiger partial charge on any atom is 0.270 e. The summed E-state index contributed by atoms with van der Waals surface area (Å²) in [5.41, 5.74) is 2.43. The Morgan fingerprint density at radius 2 is 1.76 bits per heavy atom. The number of carbonyl (C=O) groups is 1. The molecule has 0 atom stereocenters. The lowest BCUT2D eigenvalue weighted by molar-refractivity contribution is -0.113. The molecule has 0 N–H and O–H groups in total. The van der Waals surface area contributed by atoms with E-state index in [2.05, 4.69) is 0 Å². The molecule has 1 saturated heterocycles. The van der Waals surface area contributed by atoms with E-state index in [9.17, 15) is 13.6 Å². The van der Waals surface area contributed by atoms with E-state index in [0.717, 1.165) is 28.2 Å². The minimum atomic E-state index is -0.575. The number of rotatable bonds is 4. The van der Waals surface area contributed by atoms with Gasteiger partial charge in [0, 0.05) is 33.2 Å². The van der Waals surface area contributed by atoms with Crippen molar-refractivity contribution >= 4 is 80.1 Å². The smallest absolute Gasteiger partial charge is 0.270 e. The number of thiocarbonyl (C=S) groups is 1. The highest BCUT2D eigenvalue weighted by atomic mass is 35.5. The highest BCUT2D eigenvalue weighted by Gasteiger charge is 2.34. The van der Waals surface area contributed by atoms with Gasteiger partial charge in [-0.1, -0.05) is 71.4 Å². The molecule has 3 aromatic carbocycles. The van der Waals surface area contributed by atoms with Crippen molar-refractivity contribution in [2.45, 2.75) is 6.54 Å². The molecular weight excluding hydrogens is 517 g/mol. The first-order valence-corrected chi connectivity index (χ1v) is 12.1. The van der Waals surface area contributed by atoms with Crippen LogP contribution in [-0.4, -0.2) is 14.8 Å². The maximum atomic E-state index is 14.4. The molecule has 0 saturated carbocycles. The average molecular weight is 531 g/mol. The standard InChI is InChI=1S/C25H14Cl2F2N2OS2/c26-18-5-3-6-20(28)17(18)13-30-12-14(16-4-1-2-7-22(16)30)10-23-24(32)31(25(33)34-23)15-8-9-21(29)19(27)11-15/h1-12H,13H2/b23-10+. The van der Waals surface area contributed by atoms with Crippen LogP contribution >= 0.6 is 47.2 Å². The fourth-order valence-corrected chi connectivity index (χ4v) is 5.52. The zero-order valence-electron chi connectivity index (χ0n) is 17.3. The Morgan fingerprint density at radius 1 is 0.971 bits per heavy atom. The third-order valence-electron chi connectivity index (χ3n) is 5.45. The van der Waals surface area contributed by atoms with Gasteiger partial charge < -0.3 is 4.57 Å². The van der Waals surface area contributed by atoms with Gasteiger partial charge in [-0.25, -0.2) is 8.78 Å². The lowest BCUT2D eigenvalue weighted by Gasteiger charge is -2.14. The fraction of sp³-hybridized carbons (Fsp3) is 0.0400. The van der Waals surface area contributed by atoms with E-state index >= 15 is 0 Å². The number of para-hydroxylation sites is 1. The number of amides is 1. The van der Waals surface area contributed by atoms with Crippen molar-refractivity contribution in [2.24, 2.45) is 0 Å². The zero-order chi connectivity index (χ0) is 24.0. The SMILES string of the molecule is O=C1/C(=C\c2cn(Cc3c(F)cccc3Cl)c3ccccc23)SC(=S)N1c1ccc(F)c(Cl)c1. The lowest BCUT2D eigenvalue weighted by Crippen LogP contribution is -2.27. The number of anilines is 1. The molecule has 1 amide bonds. The molecule has 2 heterocycles. The van der Waals surface area contributed by atoms with Gasteiger partial charge in [-0.3, -0.25) is 9.69 Å². The topological polar surface area (TPSA) is 25.2 Å². The van der Waals surface area contributed by atoms with Crippen molar-refractivity contribution in [1.82, 2.24) is 4.57 Å². The second kappa shape index (κ2) is 9.15. The number of hydrogen-bond donors (Lipinski definition) is 0. The number of benzene rings is 3. The van der Waals surface area contributed by atoms with Gasteiger partial charge in [0.2, 0.25) is 0 Å². The van der Waals surface area contributed by atoms with E-state index in [-0.39, 0.29) is 23.3 Å². The van der Waals surface area contributed by atoms with E-state index in [0.29, 0.717) is 25.5 Å². The van der Waals surface area contributed by atoms with Crippen LogP contribution < -0.4 is 4.90 Å². The van der Waals surface area contributed by atoms with Crippen molar-refractivity contribution in [3.05, 3.63) is 105 Å². The van der Waals surface area contributed by atoms with E-state index in [1.165, 1.54) is 29.2 Å². The van der Waals surface area contributed by atoms with Crippen LogP contribution in [-0.2, 0) is 11.3 Å². The molecule has 0 spiro atoms. The van der Waals surface area contributed by atoms with Gasteiger partial charge >= 0.3 is 0 Å². The maximum absolute atomic E-state index is 14.4. The number of fused-ring (bicyclic) bond motifs is 1. The number of thioether (sulfide) groups is 1. The molecule has 1 fully saturated rings. The summed E-state index contributed by atoms with van der Waals surface area (Å²) in [5, 5.41) is 1.15. The number of carbonyl (C=O) groups excluding carboxylic acids is 1. The van der Waals surface area contributed by atoms with Crippen LogP contribution in [0.3, 0.4) is 0 Å². The Balaban J connectivity index is 1.54. The Morgan fingerprint density at radius 3 is 2.53 bits per heavy atom.